The molecule has 0 radical (unpaired) electrons. The topological polar surface area (TPSA) is 33.1 Å². The van der Waals surface area contributed by atoms with E-state index in [1.165, 1.54) is 0 Å². The average molecular weight is 242 g/mol. The van der Waals surface area contributed by atoms with Gasteiger partial charge in [-0.1, -0.05) is 18.9 Å². The predicted molar refractivity (Wildman–Crippen MR) is 54.3 cm³/mol. The SMILES string of the molecule is OC1(c2cccc(Br)n2)CCCC1. The van der Waals surface area contributed by atoms with E-state index in [1.54, 1.807) is 0 Å². The molecule has 2 rings (SSSR count). The van der Waals surface area contributed by atoms with E-state index in [0.29, 0.717) is 0 Å². The molecule has 0 bridgehead atoms. The van der Waals surface area contributed by atoms with Crippen LogP contribution in [0.4, 0.5) is 0 Å². The molecule has 0 aromatic carbocycles. The molecule has 1 N–H and O–H groups in total. The molecule has 1 aromatic heterocycles. The summed E-state index contributed by atoms with van der Waals surface area (Å²) in [5.41, 5.74) is 0.142. The maximum Gasteiger partial charge on any atom is 0.107 e. The minimum atomic E-state index is -0.663. The molecule has 1 aromatic rings. The van der Waals surface area contributed by atoms with E-state index in [4.69, 9.17) is 0 Å². The van der Waals surface area contributed by atoms with Crippen LogP contribution < -0.4 is 0 Å². The van der Waals surface area contributed by atoms with Gasteiger partial charge in [0.2, 0.25) is 0 Å². The molecule has 70 valence electrons. The van der Waals surface area contributed by atoms with Gasteiger partial charge in [-0.15, -0.1) is 0 Å². The monoisotopic (exact) mass is 241 g/mol. The Morgan fingerprint density at radius 3 is 2.62 bits per heavy atom. The Morgan fingerprint density at radius 2 is 2.00 bits per heavy atom. The quantitative estimate of drug-likeness (QED) is 0.768. The lowest BCUT2D eigenvalue weighted by atomic mass is 9.97. The molecule has 1 heterocycles. The third-order valence-corrected chi connectivity index (χ3v) is 3.06. The molecule has 2 nitrogen and oxygen atoms in total. The van der Waals surface area contributed by atoms with E-state index < -0.39 is 5.60 Å². The fourth-order valence-electron chi connectivity index (χ4n) is 1.88. The van der Waals surface area contributed by atoms with E-state index in [9.17, 15) is 5.11 Å². The molecule has 1 aliphatic carbocycles. The largest absolute Gasteiger partial charge is 0.384 e. The molecule has 0 unspecified atom stereocenters. The summed E-state index contributed by atoms with van der Waals surface area (Å²) in [7, 11) is 0. The molecule has 1 fully saturated rings. The van der Waals surface area contributed by atoms with E-state index >= 15 is 0 Å². The molecular formula is C10H12BrNO. The number of hydrogen-bond donors (Lipinski definition) is 1. The molecular weight excluding hydrogens is 230 g/mol. The summed E-state index contributed by atoms with van der Waals surface area (Å²) in [6, 6.07) is 5.70. The van der Waals surface area contributed by atoms with Gasteiger partial charge in [-0.05, 0) is 40.9 Å². The number of pyridine rings is 1. The second kappa shape index (κ2) is 3.39. The van der Waals surface area contributed by atoms with Crippen LogP contribution in [0.3, 0.4) is 0 Å². The Balaban J connectivity index is 2.33. The van der Waals surface area contributed by atoms with Gasteiger partial charge in [0.15, 0.2) is 0 Å². The predicted octanol–water partition coefficient (Wildman–Crippen LogP) is 2.61. The summed E-state index contributed by atoms with van der Waals surface area (Å²) in [5, 5.41) is 10.2. The van der Waals surface area contributed by atoms with Crippen LogP contribution in [0, 0.1) is 0 Å². The summed E-state index contributed by atoms with van der Waals surface area (Å²) < 4.78 is 0.797. The number of nitrogens with zero attached hydrogens (tertiary/aromatic N) is 1. The molecule has 0 amide bonds. The lowest BCUT2D eigenvalue weighted by Crippen LogP contribution is -2.22. The molecule has 1 saturated carbocycles. The third-order valence-electron chi connectivity index (χ3n) is 2.62. The summed E-state index contributed by atoms with van der Waals surface area (Å²) in [6.07, 6.45) is 3.89. The van der Waals surface area contributed by atoms with Crippen LogP contribution in [0.25, 0.3) is 0 Å². The van der Waals surface area contributed by atoms with Crippen LogP contribution in [0.1, 0.15) is 31.4 Å². The standard InChI is InChI=1S/C10H12BrNO/c11-9-5-3-4-8(12-9)10(13)6-1-2-7-10/h3-5,13H,1-2,6-7H2. The number of aliphatic hydroxyl groups is 1. The number of aromatic nitrogens is 1. The number of hydrogen-bond acceptors (Lipinski definition) is 2. The minimum absolute atomic E-state index is 0.663. The molecule has 0 spiro atoms. The highest BCUT2D eigenvalue weighted by Crippen LogP contribution is 2.37. The van der Waals surface area contributed by atoms with Gasteiger partial charge < -0.3 is 5.11 Å². The highest BCUT2D eigenvalue weighted by Gasteiger charge is 2.34. The maximum absolute atomic E-state index is 10.2. The molecule has 3 heteroatoms. The lowest BCUT2D eigenvalue weighted by molar-refractivity contribution is 0.0398. The second-order valence-electron chi connectivity index (χ2n) is 3.58. The van der Waals surface area contributed by atoms with Gasteiger partial charge in [-0.25, -0.2) is 4.98 Å². The lowest BCUT2D eigenvalue weighted by Gasteiger charge is -2.21. The van der Waals surface area contributed by atoms with Gasteiger partial charge in [-0.3, -0.25) is 0 Å². The third kappa shape index (κ3) is 1.76. The van der Waals surface area contributed by atoms with E-state index in [0.717, 1.165) is 36.0 Å². The first-order valence-electron chi connectivity index (χ1n) is 4.56. The number of rotatable bonds is 1. The zero-order chi connectivity index (χ0) is 9.31. The highest BCUT2D eigenvalue weighted by molar-refractivity contribution is 9.10. The van der Waals surface area contributed by atoms with Gasteiger partial charge in [0.1, 0.15) is 10.2 Å². The highest BCUT2D eigenvalue weighted by atomic mass is 79.9. The van der Waals surface area contributed by atoms with Gasteiger partial charge in [-0.2, -0.15) is 0 Å². The normalized spacial score (nSPS) is 20.5. The number of halogens is 1. The van der Waals surface area contributed by atoms with Crippen molar-refractivity contribution >= 4 is 15.9 Å². The van der Waals surface area contributed by atoms with E-state index in [2.05, 4.69) is 20.9 Å². The van der Waals surface area contributed by atoms with Gasteiger partial charge >= 0.3 is 0 Å². The molecule has 1 aliphatic rings. The van der Waals surface area contributed by atoms with Crippen molar-refractivity contribution in [1.82, 2.24) is 4.98 Å². The van der Waals surface area contributed by atoms with Gasteiger partial charge in [0, 0.05) is 0 Å². The first-order chi connectivity index (χ1) is 6.21. The Hall–Kier alpha value is -0.410. The summed E-state index contributed by atoms with van der Waals surface area (Å²) >= 11 is 3.31. The van der Waals surface area contributed by atoms with Crippen LogP contribution in [-0.4, -0.2) is 10.1 Å². The zero-order valence-corrected chi connectivity index (χ0v) is 8.92. The fourth-order valence-corrected chi connectivity index (χ4v) is 2.23. The van der Waals surface area contributed by atoms with Crippen molar-refractivity contribution in [3.63, 3.8) is 0 Å². The Kier molecular flexibility index (Phi) is 2.39. The first kappa shape index (κ1) is 9.16. The van der Waals surface area contributed by atoms with Crippen molar-refractivity contribution in [1.29, 1.82) is 0 Å². The summed E-state index contributed by atoms with van der Waals surface area (Å²) in [4.78, 5) is 4.29. The van der Waals surface area contributed by atoms with Crippen molar-refractivity contribution in [3.8, 4) is 0 Å². The average Bonchev–Trinajstić information content (AvgIpc) is 2.54. The van der Waals surface area contributed by atoms with Crippen molar-refractivity contribution in [2.24, 2.45) is 0 Å². The molecule has 0 atom stereocenters. The summed E-state index contributed by atoms with van der Waals surface area (Å²) in [6.45, 7) is 0. The first-order valence-corrected chi connectivity index (χ1v) is 5.35. The Bertz CT molecular complexity index is 308. The van der Waals surface area contributed by atoms with E-state index in [1.807, 2.05) is 18.2 Å². The minimum Gasteiger partial charge on any atom is -0.384 e. The van der Waals surface area contributed by atoms with Crippen molar-refractivity contribution < 1.29 is 5.11 Å². The smallest absolute Gasteiger partial charge is 0.107 e. The van der Waals surface area contributed by atoms with E-state index in [-0.39, 0.29) is 0 Å². The van der Waals surface area contributed by atoms with Crippen LogP contribution >= 0.6 is 15.9 Å². The second-order valence-corrected chi connectivity index (χ2v) is 4.40. The van der Waals surface area contributed by atoms with Crippen LogP contribution in [0.2, 0.25) is 0 Å². The van der Waals surface area contributed by atoms with Crippen molar-refractivity contribution in [2.75, 3.05) is 0 Å². The fraction of sp³-hybridized carbons (Fsp3) is 0.500. The van der Waals surface area contributed by atoms with Gasteiger partial charge in [0.25, 0.3) is 0 Å². The molecule has 0 aliphatic heterocycles. The molecule has 13 heavy (non-hydrogen) atoms. The Morgan fingerprint density at radius 1 is 1.31 bits per heavy atom. The summed E-state index contributed by atoms with van der Waals surface area (Å²) in [5.74, 6) is 0. The van der Waals surface area contributed by atoms with Crippen LogP contribution in [0.15, 0.2) is 22.8 Å². The molecule has 0 saturated heterocycles. The maximum atomic E-state index is 10.2. The van der Waals surface area contributed by atoms with Crippen molar-refractivity contribution in [3.05, 3.63) is 28.5 Å². The van der Waals surface area contributed by atoms with Crippen LogP contribution in [0.5, 0.6) is 0 Å². The Labute approximate surface area is 86.1 Å². The van der Waals surface area contributed by atoms with Crippen LogP contribution in [-0.2, 0) is 5.60 Å². The van der Waals surface area contributed by atoms with Gasteiger partial charge in [0.05, 0.1) is 5.69 Å². The zero-order valence-electron chi connectivity index (χ0n) is 7.33. The van der Waals surface area contributed by atoms with Crippen molar-refractivity contribution in [2.45, 2.75) is 31.3 Å².